The van der Waals surface area contributed by atoms with Gasteiger partial charge < -0.3 is 10.2 Å². The molecule has 1 aromatic carbocycles. The number of aryl methyl sites for hydroxylation is 1. The number of amides is 2. The fourth-order valence-electron chi connectivity index (χ4n) is 3.02. The van der Waals surface area contributed by atoms with Crippen molar-refractivity contribution >= 4 is 11.8 Å². The number of nitrogens with zero attached hydrogens (tertiary/aromatic N) is 1. The van der Waals surface area contributed by atoms with Gasteiger partial charge >= 0.3 is 6.18 Å². The highest BCUT2D eigenvalue weighted by Gasteiger charge is 2.41. The standard InChI is InChI=1S/C18H23F3N2O2/c1-13(24)23-11-9-15(10-12-23)17(25)22-16(18(19,20)21)8-7-14-5-3-2-4-6-14/h2-6,15-16H,7-12H2,1H3,(H,22,25)/t16-/m0/s1. The normalized spacial score (nSPS) is 17.2. The molecule has 2 rings (SSSR count). The van der Waals surface area contributed by atoms with Crippen molar-refractivity contribution in [1.29, 1.82) is 0 Å². The van der Waals surface area contributed by atoms with Crippen molar-refractivity contribution in [1.82, 2.24) is 10.2 Å². The van der Waals surface area contributed by atoms with E-state index in [-0.39, 0.29) is 18.7 Å². The predicted molar refractivity (Wildman–Crippen MR) is 87.7 cm³/mol. The highest BCUT2D eigenvalue weighted by Crippen LogP contribution is 2.25. The summed E-state index contributed by atoms with van der Waals surface area (Å²) in [6.07, 6.45) is -3.63. The van der Waals surface area contributed by atoms with Crippen LogP contribution in [0, 0.1) is 5.92 Å². The van der Waals surface area contributed by atoms with Crippen molar-refractivity contribution in [2.75, 3.05) is 13.1 Å². The van der Waals surface area contributed by atoms with Crippen LogP contribution in [0.15, 0.2) is 30.3 Å². The zero-order valence-electron chi connectivity index (χ0n) is 14.2. The molecule has 0 bridgehead atoms. The third kappa shape index (κ3) is 5.76. The molecule has 1 aliphatic heterocycles. The maximum atomic E-state index is 13.3. The molecule has 0 aromatic heterocycles. The van der Waals surface area contributed by atoms with Gasteiger partial charge in [-0.05, 0) is 31.2 Å². The number of carbonyl (C=O) groups is 2. The van der Waals surface area contributed by atoms with Gasteiger partial charge in [0.2, 0.25) is 11.8 Å². The van der Waals surface area contributed by atoms with Gasteiger partial charge in [-0.15, -0.1) is 0 Å². The van der Waals surface area contributed by atoms with Crippen LogP contribution in [0.4, 0.5) is 13.2 Å². The Morgan fingerprint density at radius 1 is 1.20 bits per heavy atom. The van der Waals surface area contributed by atoms with Gasteiger partial charge in [-0.1, -0.05) is 30.3 Å². The van der Waals surface area contributed by atoms with E-state index in [1.165, 1.54) is 6.92 Å². The first-order valence-electron chi connectivity index (χ1n) is 8.44. The second-order valence-corrected chi connectivity index (χ2v) is 6.41. The van der Waals surface area contributed by atoms with Gasteiger partial charge in [0.1, 0.15) is 6.04 Å². The van der Waals surface area contributed by atoms with Crippen LogP contribution in [-0.4, -0.2) is 42.0 Å². The minimum atomic E-state index is -4.48. The topological polar surface area (TPSA) is 49.4 Å². The predicted octanol–water partition coefficient (Wildman–Crippen LogP) is 2.92. The van der Waals surface area contributed by atoms with E-state index < -0.39 is 24.0 Å². The molecular weight excluding hydrogens is 333 g/mol. The summed E-state index contributed by atoms with van der Waals surface area (Å²) in [5.74, 6) is -1.12. The third-order valence-electron chi connectivity index (χ3n) is 4.59. The number of hydrogen-bond donors (Lipinski definition) is 1. The van der Waals surface area contributed by atoms with Gasteiger partial charge in [-0.3, -0.25) is 9.59 Å². The minimum absolute atomic E-state index is 0.0742. The zero-order valence-corrected chi connectivity index (χ0v) is 14.2. The maximum absolute atomic E-state index is 13.3. The number of halogens is 3. The van der Waals surface area contributed by atoms with Crippen LogP contribution in [0.3, 0.4) is 0 Å². The Kier molecular flexibility index (Phi) is 6.45. The van der Waals surface area contributed by atoms with E-state index in [1.54, 1.807) is 35.2 Å². The van der Waals surface area contributed by atoms with Gasteiger partial charge in [0, 0.05) is 25.9 Å². The third-order valence-corrected chi connectivity index (χ3v) is 4.59. The van der Waals surface area contributed by atoms with Gasteiger partial charge in [-0.2, -0.15) is 13.2 Å². The van der Waals surface area contributed by atoms with E-state index in [1.807, 2.05) is 0 Å². The van der Waals surface area contributed by atoms with Crippen LogP contribution in [0.1, 0.15) is 31.7 Å². The summed E-state index contributed by atoms with van der Waals surface area (Å²) in [5.41, 5.74) is 0.806. The smallest absolute Gasteiger partial charge is 0.344 e. The average molecular weight is 356 g/mol. The Morgan fingerprint density at radius 2 is 1.80 bits per heavy atom. The fourth-order valence-corrected chi connectivity index (χ4v) is 3.02. The Hall–Kier alpha value is -2.05. The Morgan fingerprint density at radius 3 is 2.32 bits per heavy atom. The Labute approximate surface area is 145 Å². The summed E-state index contributed by atoms with van der Waals surface area (Å²) in [4.78, 5) is 25.1. The van der Waals surface area contributed by atoms with E-state index in [2.05, 4.69) is 5.32 Å². The number of hydrogen-bond acceptors (Lipinski definition) is 2. The van der Waals surface area contributed by atoms with Crippen LogP contribution >= 0.6 is 0 Å². The molecule has 1 N–H and O–H groups in total. The van der Waals surface area contributed by atoms with Crippen LogP contribution in [0.2, 0.25) is 0 Å². The lowest BCUT2D eigenvalue weighted by Crippen LogP contribution is -2.49. The first-order valence-corrected chi connectivity index (χ1v) is 8.44. The van der Waals surface area contributed by atoms with Crippen LogP contribution < -0.4 is 5.32 Å². The minimum Gasteiger partial charge on any atom is -0.344 e. The molecule has 1 atom stereocenters. The molecule has 2 amide bonds. The molecule has 138 valence electrons. The number of alkyl halides is 3. The molecule has 0 radical (unpaired) electrons. The van der Waals surface area contributed by atoms with E-state index in [9.17, 15) is 22.8 Å². The summed E-state index contributed by atoms with van der Waals surface area (Å²) in [7, 11) is 0. The SMILES string of the molecule is CC(=O)N1CCC(C(=O)N[C@@H](CCc2ccccc2)C(F)(F)F)CC1. The molecule has 1 saturated heterocycles. The number of piperidine rings is 1. The van der Waals surface area contributed by atoms with E-state index in [4.69, 9.17) is 0 Å². The van der Waals surface area contributed by atoms with Crippen LogP contribution in [-0.2, 0) is 16.0 Å². The molecular formula is C18H23F3N2O2. The molecule has 1 aromatic rings. The van der Waals surface area contributed by atoms with Crippen molar-refractivity contribution in [3.8, 4) is 0 Å². The van der Waals surface area contributed by atoms with Gasteiger partial charge in [-0.25, -0.2) is 0 Å². The lowest BCUT2D eigenvalue weighted by atomic mass is 9.95. The second-order valence-electron chi connectivity index (χ2n) is 6.41. The van der Waals surface area contributed by atoms with E-state index in [0.29, 0.717) is 25.9 Å². The molecule has 0 spiro atoms. The van der Waals surface area contributed by atoms with Crippen LogP contribution in [0.5, 0.6) is 0 Å². The molecule has 25 heavy (non-hydrogen) atoms. The summed E-state index contributed by atoms with van der Waals surface area (Å²) in [6.45, 7) is 2.27. The van der Waals surface area contributed by atoms with E-state index >= 15 is 0 Å². The first-order chi connectivity index (χ1) is 11.8. The molecule has 1 heterocycles. The Balaban J connectivity index is 1.91. The van der Waals surface area contributed by atoms with Crippen molar-refractivity contribution in [3.63, 3.8) is 0 Å². The average Bonchev–Trinajstić information content (AvgIpc) is 2.58. The molecule has 4 nitrogen and oxygen atoms in total. The second kappa shape index (κ2) is 8.36. The number of benzene rings is 1. The van der Waals surface area contributed by atoms with Gasteiger partial charge in [0.15, 0.2) is 0 Å². The molecule has 0 saturated carbocycles. The fraction of sp³-hybridized carbons (Fsp3) is 0.556. The van der Waals surface area contributed by atoms with Crippen molar-refractivity contribution in [2.45, 2.75) is 44.8 Å². The maximum Gasteiger partial charge on any atom is 0.408 e. The number of carbonyl (C=O) groups excluding carboxylic acids is 2. The Bertz CT molecular complexity index is 582. The lowest BCUT2D eigenvalue weighted by Gasteiger charge is -2.32. The number of rotatable bonds is 5. The zero-order chi connectivity index (χ0) is 18.4. The number of likely N-dealkylation sites (tertiary alicyclic amines) is 1. The van der Waals surface area contributed by atoms with Crippen LogP contribution in [0.25, 0.3) is 0 Å². The summed E-state index contributed by atoms with van der Waals surface area (Å²) in [5, 5.41) is 2.17. The molecule has 0 aliphatic carbocycles. The van der Waals surface area contributed by atoms with Crippen molar-refractivity contribution in [2.24, 2.45) is 5.92 Å². The molecule has 7 heteroatoms. The summed E-state index contributed by atoms with van der Waals surface area (Å²) in [6, 6.07) is 7.05. The highest BCUT2D eigenvalue weighted by molar-refractivity contribution is 5.80. The van der Waals surface area contributed by atoms with Crippen molar-refractivity contribution < 1.29 is 22.8 Å². The number of nitrogens with one attached hydrogen (secondary N) is 1. The largest absolute Gasteiger partial charge is 0.408 e. The summed E-state index contributed by atoms with van der Waals surface area (Å²) >= 11 is 0. The first kappa shape index (κ1) is 19.3. The quantitative estimate of drug-likeness (QED) is 0.882. The molecule has 0 unspecified atom stereocenters. The highest BCUT2D eigenvalue weighted by atomic mass is 19.4. The van der Waals surface area contributed by atoms with Gasteiger partial charge in [0.25, 0.3) is 0 Å². The molecule has 1 aliphatic rings. The lowest BCUT2D eigenvalue weighted by molar-refractivity contribution is -0.164. The van der Waals surface area contributed by atoms with Crippen molar-refractivity contribution in [3.05, 3.63) is 35.9 Å². The molecule has 1 fully saturated rings. The summed E-state index contributed by atoms with van der Waals surface area (Å²) < 4.78 is 39.8. The monoisotopic (exact) mass is 356 g/mol. The van der Waals surface area contributed by atoms with E-state index in [0.717, 1.165) is 5.56 Å². The van der Waals surface area contributed by atoms with Gasteiger partial charge in [0.05, 0.1) is 0 Å².